The van der Waals surface area contributed by atoms with Crippen LogP contribution < -0.4 is 5.32 Å². The quantitative estimate of drug-likeness (QED) is 0.908. The van der Waals surface area contributed by atoms with E-state index in [0.717, 1.165) is 50.9 Å². The number of piperidine rings is 1. The Kier molecular flexibility index (Phi) is 4.64. The Bertz CT molecular complexity index is 825. The van der Waals surface area contributed by atoms with Crippen molar-refractivity contribution >= 4 is 17.6 Å². The van der Waals surface area contributed by atoms with Crippen molar-refractivity contribution < 1.29 is 9.59 Å². The molecule has 2 aromatic rings. The summed E-state index contributed by atoms with van der Waals surface area (Å²) in [6.45, 7) is 2.24. The zero-order valence-electron chi connectivity index (χ0n) is 14.6. The zero-order chi connectivity index (χ0) is 17.9. The molecule has 1 saturated heterocycles. The topological polar surface area (TPSA) is 93.0 Å². The SMILES string of the molecule is O=C(Nc1cnc2n1CCCC2)c1nccnc1C(=O)N1CCCCC1. The Morgan fingerprint density at radius 1 is 0.885 bits per heavy atom. The molecule has 1 fully saturated rings. The Hall–Kier alpha value is -2.77. The lowest BCUT2D eigenvalue weighted by molar-refractivity contribution is 0.0713. The molecule has 0 atom stereocenters. The largest absolute Gasteiger partial charge is 0.337 e. The monoisotopic (exact) mass is 354 g/mol. The minimum Gasteiger partial charge on any atom is -0.337 e. The second kappa shape index (κ2) is 7.23. The summed E-state index contributed by atoms with van der Waals surface area (Å²) in [6.07, 6.45) is 10.7. The highest BCUT2D eigenvalue weighted by Gasteiger charge is 2.26. The van der Waals surface area contributed by atoms with Crippen LogP contribution in [0.5, 0.6) is 0 Å². The summed E-state index contributed by atoms with van der Waals surface area (Å²) >= 11 is 0. The fourth-order valence-corrected chi connectivity index (χ4v) is 3.60. The molecule has 2 aromatic heterocycles. The third-order valence-electron chi connectivity index (χ3n) is 4.97. The van der Waals surface area contributed by atoms with E-state index in [-0.39, 0.29) is 17.3 Å². The van der Waals surface area contributed by atoms with E-state index in [0.29, 0.717) is 18.9 Å². The first-order valence-corrected chi connectivity index (χ1v) is 9.20. The summed E-state index contributed by atoms with van der Waals surface area (Å²) in [4.78, 5) is 40.0. The van der Waals surface area contributed by atoms with E-state index < -0.39 is 5.91 Å². The molecular formula is C18H22N6O2. The summed E-state index contributed by atoms with van der Waals surface area (Å²) in [6, 6.07) is 0. The number of anilines is 1. The molecule has 0 spiro atoms. The number of carbonyl (C=O) groups is 2. The summed E-state index contributed by atoms with van der Waals surface area (Å²) in [5.74, 6) is 0.979. The minimum atomic E-state index is -0.424. The van der Waals surface area contributed by atoms with Crippen molar-refractivity contribution in [2.75, 3.05) is 18.4 Å². The third kappa shape index (κ3) is 3.18. The molecule has 2 aliphatic rings. The molecule has 2 amide bonds. The Labute approximate surface area is 151 Å². The predicted molar refractivity (Wildman–Crippen MR) is 94.9 cm³/mol. The molecule has 0 bridgehead atoms. The normalized spacial score (nSPS) is 16.8. The molecule has 0 aromatic carbocycles. The van der Waals surface area contributed by atoms with Gasteiger partial charge in [0, 0.05) is 38.4 Å². The van der Waals surface area contributed by atoms with Gasteiger partial charge in [-0.15, -0.1) is 0 Å². The number of carbonyl (C=O) groups excluding carboxylic acids is 2. The lowest BCUT2D eigenvalue weighted by atomic mass is 10.1. The fourth-order valence-electron chi connectivity index (χ4n) is 3.60. The maximum atomic E-state index is 12.8. The highest BCUT2D eigenvalue weighted by Crippen LogP contribution is 2.20. The van der Waals surface area contributed by atoms with Gasteiger partial charge in [0.1, 0.15) is 11.6 Å². The number of likely N-dealkylation sites (tertiary alicyclic amines) is 1. The van der Waals surface area contributed by atoms with Crippen LogP contribution in [0.3, 0.4) is 0 Å². The molecule has 0 saturated carbocycles. The molecule has 0 aliphatic carbocycles. The number of fused-ring (bicyclic) bond motifs is 1. The van der Waals surface area contributed by atoms with E-state index in [1.165, 1.54) is 12.4 Å². The minimum absolute atomic E-state index is 0.0643. The Morgan fingerprint density at radius 3 is 2.42 bits per heavy atom. The van der Waals surface area contributed by atoms with Crippen molar-refractivity contribution in [2.45, 2.75) is 45.1 Å². The molecule has 136 valence electrons. The van der Waals surface area contributed by atoms with Gasteiger partial charge >= 0.3 is 0 Å². The number of aromatic nitrogens is 4. The number of imidazole rings is 1. The second-order valence-corrected chi connectivity index (χ2v) is 6.73. The number of rotatable bonds is 3. The van der Waals surface area contributed by atoms with Crippen molar-refractivity contribution in [1.82, 2.24) is 24.4 Å². The van der Waals surface area contributed by atoms with E-state index in [4.69, 9.17) is 0 Å². The Balaban J connectivity index is 1.56. The van der Waals surface area contributed by atoms with E-state index in [1.807, 2.05) is 4.57 Å². The molecule has 4 rings (SSSR count). The van der Waals surface area contributed by atoms with E-state index in [9.17, 15) is 9.59 Å². The van der Waals surface area contributed by atoms with Crippen LogP contribution in [-0.4, -0.2) is 49.3 Å². The molecule has 1 N–H and O–H groups in total. The van der Waals surface area contributed by atoms with Crippen LogP contribution in [0, 0.1) is 0 Å². The van der Waals surface area contributed by atoms with Gasteiger partial charge in [0.25, 0.3) is 11.8 Å². The number of hydrogen-bond donors (Lipinski definition) is 1. The van der Waals surface area contributed by atoms with E-state index in [1.54, 1.807) is 11.1 Å². The van der Waals surface area contributed by atoms with Crippen molar-refractivity contribution in [3.63, 3.8) is 0 Å². The molecule has 26 heavy (non-hydrogen) atoms. The number of aryl methyl sites for hydroxylation is 1. The zero-order valence-corrected chi connectivity index (χ0v) is 14.6. The summed E-state index contributed by atoms with van der Waals surface area (Å²) in [5.41, 5.74) is 0.180. The number of amides is 2. The summed E-state index contributed by atoms with van der Waals surface area (Å²) < 4.78 is 2.02. The van der Waals surface area contributed by atoms with Crippen molar-refractivity contribution in [3.8, 4) is 0 Å². The second-order valence-electron chi connectivity index (χ2n) is 6.73. The number of nitrogens with one attached hydrogen (secondary N) is 1. The summed E-state index contributed by atoms with van der Waals surface area (Å²) in [5, 5.41) is 2.85. The molecular weight excluding hydrogens is 332 g/mol. The lowest BCUT2D eigenvalue weighted by Gasteiger charge is -2.26. The first-order valence-electron chi connectivity index (χ1n) is 9.20. The average Bonchev–Trinajstić information content (AvgIpc) is 3.11. The first-order chi connectivity index (χ1) is 12.7. The van der Waals surface area contributed by atoms with Crippen molar-refractivity contribution in [2.24, 2.45) is 0 Å². The van der Waals surface area contributed by atoms with Crippen LogP contribution >= 0.6 is 0 Å². The van der Waals surface area contributed by atoms with Crippen LogP contribution in [0.15, 0.2) is 18.6 Å². The van der Waals surface area contributed by atoms with Gasteiger partial charge in [0.2, 0.25) is 0 Å². The van der Waals surface area contributed by atoms with Crippen LogP contribution in [-0.2, 0) is 13.0 Å². The van der Waals surface area contributed by atoms with Gasteiger partial charge in [-0.1, -0.05) is 0 Å². The highest BCUT2D eigenvalue weighted by molar-refractivity contribution is 6.09. The highest BCUT2D eigenvalue weighted by atomic mass is 16.2. The third-order valence-corrected chi connectivity index (χ3v) is 4.97. The number of nitrogens with zero attached hydrogens (tertiary/aromatic N) is 5. The standard InChI is InChI=1S/C18H22N6O2/c25-17(22-14-12-21-13-6-2-5-11-24(13)14)15-16(20-8-7-19-15)18(26)23-9-3-1-4-10-23/h7-8,12H,1-6,9-11H2,(H,22,25). The van der Waals surface area contributed by atoms with E-state index in [2.05, 4.69) is 20.3 Å². The molecule has 2 aliphatic heterocycles. The smallest absolute Gasteiger partial charge is 0.277 e. The molecule has 0 radical (unpaired) electrons. The van der Waals surface area contributed by atoms with Crippen molar-refractivity contribution in [1.29, 1.82) is 0 Å². The molecule has 0 unspecified atom stereocenters. The first kappa shape index (κ1) is 16.7. The van der Waals surface area contributed by atoms with Crippen LogP contribution in [0.4, 0.5) is 5.82 Å². The van der Waals surface area contributed by atoms with Gasteiger partial charge in [-0.2, -0.15) is 0 Å². The predicted octanol–water partition coefficient (Wildman–Crippen LogP) is 1.89. The van der Waals surface area contributed by atoms with Crippen LogP contribution in [0.25, 0.3) is 0 Å². The van der Waals surface area contributed by atoms with Gasteiger partial charge in [0.15, 0.2) is 11.4 Å². The van der Waals surface area contributed by atoms with Crippen LogP contribution in [0.1, 0.15) is 58.9 Å². The van der Waals surface area contributed by atoms with Gasteiger partial charge in [-0.25, -0.2) is 15.0 Å². The maximum Gasteiger partial charge on any atom is 0.277 e. The molecule has 4 heterocycles. The summed E-state index contributed by atoms with van der Waals surface area (Å²) in [7, 11) is 0. The maximum absolute atomic E-state index is 12.8. The molecule has 8 nitrogen and oxygen atoms in total. The number of hydrogen-bond acceptors (Lipinski definition) is 5. The molecule has 8 heteroatoms. The average molecular weight is 354 g/mol. The van der Waals surface area contributed by atoms with Gasteiger partial charge in [0.05, 0.1) is 6.20 Å². The fraction of sp³-hybridized carbons (Fsp3) is 0.500. The lowest BCUT2D eigenvalue weighted by Crippen LogP contribution is -2.37. The van der Waals surface area contributed by atoms with Crippen molar-refractivity contribution in [3.05, 3.63) is 35.8 Å². The van der Waals surface area contributed by atoms with Gasteiger partial charge in [-0.05, 0) is 32.1 Å². The van der Waals surface area contributed by atoms with Gasteiger partial charge in [-0.3, -0.25) is 9.59 Å². The van der Waals surface area contributed by atoms with E-state index >= 15 is 0 Å². The van der Waals surface area contributed by atoms with Gasteiger partial charge < -0.3 is 14.8 Å². The Morgan fingerprint density at radius 2 is 1.62 bits per heavy atom. The van der Waals surface area contributed by atoms with Crippen LogP contribution in [0.2, 0.25) is 0 Å².